The van der Waals surface area contributed by atoms with Crippen molar-refractivity contribution in [2.45, 2.75) is 58.4 Å². The zero-order valence-electron chi connectivity index (χ0n) is 11.7. The summed E-state index contributed by atoms with van der Waals surface area (Å²) in [5, 5.41) is 0. The highest BCUT2D eigenvalue weighted by Gasteiger charge is 2.52. The number of hydrogen-bond donors (Lipinski definition) is 0. The molecule has 2 aliphatic heterocycles. The van der Waals surface area contributed by atoms with Crippen molar-refractivity contribution in [2.75, 3.05) is 6.61 Å². The van der Waals surface area contributed by atoms with Crippen LogP contribution in [0.4, 0.5) is 0 Å². The quantitative estimate of drug-likeness (QED) is 0.682. The van der Waals surface area contributed by atoms with Gasteiger partial charge in [-0.2, -0.15) is 0 Å². The lowest BCUT2D eigenvalue weighted by molar-refractivity contribution is -0.138. The van der Waals surface area contributed by atoms with Crippen LogP contribution >= 0.6 is 0 Å². The van der Waals surface area contributed by atoms with Gasteiger partial charge < -0.3 is 9.64 Å². The van der Waals surface area contributed by atoms with Gasteiger partial charge in [-0.15, -0.1) is 0 Å². The van der Waals surface area contributed by atoms with Crippen LogP contribution in [0.25, 0.3) is 0 Å². The molecule has 3 rings (SSSR count). The van der Waals surface area contributed by atoms with Crippen molar-refractivity contribution in [2.24, 2.45) is 5.41 Å². The van der Waals surface area contributed by atoms with E-state index in [1.807, 2.05) is 4.90 Å². The Bertz CT molecular complexity index is 460. The molecular formula is C15H21NO3. The van der Waals surface area contributed by atoms with Gasteiger partial charge in [-0.3, -0.25) is 4.79 Å². The van der Waals surface area contributed by atoms with Gasteiger partial charge in [-0.05, 0) is 33.1 Å². The number of hydrogen-bond acceptors (Lipinski definition) is 3. The predicted octanol–water partition coefficient (Wildman–Crippen LogP) is 2.39. The largest absolute Gasteiger partial charge is 0.456 e. The molecular weight excluding hydrogens is 242 g/mol. The van der Waals surface area contributed by atoms with E-state index in [0.29, 0.717) is 5.57 Å². The predicted molar refractivity (Wildman–Crippen MR) is 70.1 cm³/mol. The maximum Gasteiger partial charge on any atom is 0.336 e. The van der Waals surface area contributed by atoms with Crippen molar-refractivity contribution >= 4 is 11.9 Å². The van der Waals surface area contributed by atoms with Crippen molar-refractivity contribution in [1.82, 2.24) is 4.90 Å². The zero-order valence-corrected chi connectivity index (χ0v) is 11.7. The van der Waals surface area contributed by atoms with Gasteiger partial charge in [0.2, 0.25) is 5.91 Å². The SMILES string of the molecule is CC1=C(N2C(=O)C3(CCCCC3)C[C@H]2C)COC1=O. The summed E-state index contributed by atoms with van der Waals surface area (Å²) in [5.41, 5.74) is 1.24. The second-order valence-electron chi connectivity index (χ2n) is 6.22. The van der Waals surface area contributed by atoms with E-state index in [2.05, 4.69) is 6.92 Å². The molecule has 0 N–H and O–H groups in total. The topological polar surface area (TPSA) is 46.6 Å². The number of amides is 1. The number of rotatable bonds is 1. The van der Waals surface area contributed by atoms with Crippen LogP contribution in [-0.2, 0) is 14.3 Å². The van der Waals surface area contributed by atoms with Crippen molar-refractivity contribution in [3.8, 4) is 0 Å². The molecule has 1 saturated heterocycles. The van der Waals surface area contributed by atoms with E-state index < -0.39 is 0 Å². The molecule has 104 valence electrons. The monoisotopic (exact) mass is 263 g/mol. The first-order chi connectivity index (χ1) is 9.05. The third kappa shape index (κ3) is 1.80. The van der Waals surface area contributed by atoms with E-state index in [-0.39, 0.29) is 29.9 Å². The standard InChI is InChI=1S/C15H21NO3/c1-10-8-15(6-4-3-5-7-15)14(18)16(10)12-9-19-13(17)11(12)2/h10H,3-9H2,1-2H3/t10-/m1/s1. The summed E-state index contributed by atoms with van der Waals surface area (Å²) in [6.07, 6.45) is 6.49. The summed E-state index contributed by atoms with van der Waals surface area (Å²) in [6.45, 7) is 4.11. The van der Waals surface area contributed by atoms with Crippen molar-refractivity contribution in [1.29, 1.82) is 0 Å². The normalized spacial score (nSPS) is 30.4. The minimum absolute atomic E-state index is 0.156. The molecule has 0 aromatic carbocycles. The van der Waals surface area contributed by atoms with E-state index in [1.54, 1.807) is 6.92 Å². The summed E-state index contributed by atoms with van der Waals surface area (Å²) in [7, 11) is 0. The van der Waals surface area contributed by atoms with E-state index in [1.165, 1.54) is 6.42 Å². The van der Waals surface area contributed by atoms with E-state index in [0.717, 1.165) is 37.8 Å². The van der Waals surface area contributed by atoms with Gasteiger partial charge in [0.1, 0.15) is 6.61 Å². The lowest BCUT2D eigenvalue weighted by Gasteiger charge is -2.31. The lowest BCUT2D eigenvalue weighted by atomic mass is 9.72. The molecule has 4 nitrogen and oxygen atoms in total. The van der Waals surface area contributed by atoms with E-state index in [4.69, 9.17) is 4.74 Å². The summed E-state index contributed by atoms with van der Waals surface area (Å²) in [5.74, 6) is -0.0491. The van der Waals surface area contributed by atoms with Crippen LogP contribution in [0.15, 0.2) is 11.3 Å². The molecule has 0 radical (unpaired) electrons. The molecule has 1 atom stereocenters. The van der Waals surface area contributed by atoms with Gasteiger partial charge in [0.05, 0.1) is 16.7 Å². The van der Waals surface area contributed by atoms with E-state index in [9.17, 15) is 9.59 Å². The van der Waals surface area contributed by atoms with Crippen LogP contribution < -0.4 is 0 Å². The Kier molecular flexibility index (Phi) is 2.91. The van der Waals surface area contributed by atoms with Crippen molar-refractivity contribution in [3.05, 3.63) is 11.3 Å². The summed E-state index contributed by atoms with van der Waals surface area (Å²) in [4.78, 5) is 26.2. The molecule has 3 aliphatic rings. The molecule has 2 fully saturated rings. The van der Waals surface area contributed by atoms with Crippen LogP contribution in [0, 0.1) is 5.41 Å². The second-order valence-corrected chi connectivity index (χ2v) is 6.22. The van der Waals surface area contributed by atoms with Crippen LogP contribution in [0.5, 0.6) is 0 Å². The fourth-order valence-electron chi connectivity index (χ4n) is 3.95. The molecule has 1 saturated carbocycles. The molecule has 1 aliphatic carbocycles. The summed E-state index contributed by atoms with van der Waals surface area (Å²) in [6, 6.07) is 0.185. The van der Waals surface area contributed by atoms with Gasteiger partial charge in [-0.1, -0.05) is 19.3 Å². The van der Waals surface area contributed by atoms with E-state index >= 15 is 0 Å². The zero-order chi connectivity index (χ0) is 13.6. The first-order valence-electron chi connectivity index (χ1n) is 7.26. The number of carbonyl (C=O) groups excluding carboxylic acids is 2. The average Bonchev–Trinajstić information content (AvgIpc) is 2.82. The fourth-order valence-corrected chi connectivity index (χ4v) is 3.95. The molecule has 2 heterocycles. The first-order valence-corrected chi connectivity index (χ1v) is 7.26. The van der Waals surface area contributed by atoms with Crippen molar-refractivity contribution in [3.63, 3.8) is 0 Å². The highest BCUT2D eigenvalue weighted by Crippen LogP contribution is 2.48. The molecule has 0 unspecified atom stereocenters. The molecule has 4 heteroatoms. The smallest absolute Gasteiger partial charge is 0.336 e. The van der Waals surface area contributed by atoms with Crippen LogP contribution in [0.1, 0.15) is 52.4 Å². The molecule has 0 aromatic rings. The minimum atomic E-state index is -0.278. The average molecular weight is 263 g/mol. The summed E-state index contributed by atoms with van der Waals surface area (Å²) >= 11 is 0. The molecule has 1 amide bonds. The van der Waals surface area contributed by atoms with Crippen LogP contribution in [0.2, 0.25) is 0 Å². The number of carbonyl (C=O) groups is 2. The fraction of sp³-hybridized carbons (Fsp3) is 0.733. The number of esters is 1. The second kappa shape index (κ2) is 4.36. The molecule has 0 aromatic heterocycles. The number of nitrogens with zero attached hydrogens (tertiary/aromatic N) is 1. The third-order valence-electron chi connectivity index (χ3n) is 4.98. The number of likely N-dealkylation sites (tertiary alicyclic amines) is 1. The minimum Gasteiger partial charge on any atom is -0.456 e. The van der Waals surface area contributed by atoms with Gasteiger partial charge in [0.15, 0.2) is 0 Å². The highest BCUT2D eigenvalue weighted by atomic mass is 16.5. The van der Waals surface area contributed by atoms with Gasteiger partial charge in [-0.25, -0.2) is 4.79 Å². The number of cyclic esters (lactones) is 1. The maximum atomic E-state index is 12.9. The summed E-state index contributed by atoms with van der Waals surface area (Å²) < 4.78 is 5.06. The van der Waals surface area contributed by atoms with Crippen molar-refractivity contribution < 1.29 is 14.3 Å². The van der Waals surface area contributed by atoms with Gasteiger partial charge in [0.25, 0.3) is 0 Å². The number of ether oxygens (including phenoxy) is 1. The Morgan fingerprint density at radius 3 is 2.47 bits per heavy atom. The lowest BCUT2D eigenvalue weighted by Crippen LogP contribution is -2.37. The Morgan fingerprint density at radius 2 is 1.89 bits per heavy atom. The highest BCUT2D eigenvalue weighted by molar-refractivity contribution is 5.94. The Labute approximate surface area is 113 Å². The van der Waals surface area contributed by atoms with Crippen LogP contribution in [-0.4, -0.2) is 29.4 Å². The van der Waals surface area contributed by atoms with Gasteiger partial charge in [0, 0.05) is 6.04 Å². The molecule has 1 spiro atoms. The third-order valence-corrected chi connectivity index (χ3v) is 4.98. The first kappa shape index (κ1) is 12.7. The Morgan fingerprint density at radius 1 is 1.21 bits per heavy atom. The molecule has 0 bridgehead atoms. The molecule has 19 heavy (non-hydrogen) atoms. The Hall–Kier alpha value is -1.32. The maximum absolute atomic E-state index is 12.9. The van der Waals surface area contributed by atoms with Crippen LogP contribution in [0.3, 0.4) is 0 Å². The van der Waals surface area contributed by atoms with Gasteiger partial charge >= 0.3 is 5.97 Å². The Balaban J connectivity index is 1.92.